The van der Waals surface area contributed by atoms with Crippen molar-refractivity contribution in [1.29, 1.82) is 5.26 Å². The van der Waals surface area contributed by atoms with Gasteiger partial charge in [0.05, 0.1) is 11.5 Å². The number of nitriles is 1. The molecule has 3 rings (SSSR count). The van der Waals surface area contributed by atoms with Crippen LogP contribution in [0.3, 0.4) is 0 Å². The largest absolute Gasteiger partial charge is 0.462 e. The summed E-state index contributed by atoms with van der Waals surface area (Å²) in [5.74, 6) is -2.37. The predicted molar refractivity (Wildman–Crippen MR) is 90.6 cm³/mol. The van der Waals surface area contributed by atoms with Crippen molar-refractivity contribution in [3.05, 3.63) is 56.7 Å². The fourth-order valence-electron chi connectivity index (χ4n) is 3.33. The Morgan fingerprint density at radius 3 is 2.81 bits per heavy atom. The molecule has 0 bridgehead atoms. The van der Waals surface area contributed by atoms with Crippen molar-refractivity contribution in [2.24, 2.45) is 5.73 Å². The number of anilines is 1. The van der Waals surface area contributed by atoms with E-state index in [1.807, 2.05) is 0 Å². The molecular weight excluding hydrogens is 356 g/mol. The molecule has 0 aliphatic carbocycles. The van der Waals surface area contributed by atoms with Crippen LogP contribution < -0.4 is 11.1 Å². The Morgan fingerprint density at radius 1 is 1.52 bits per heavy atom. The summed E-state index contributed by atoms with van der Waals surface area (Å²) < 4.78 is 10.2. The highest BCUT2D eigenvalue weighted by atomic mass is 16.6. The normalized spacial score (nSPS) is 20.7. The van der Waals surface area contributed by atoms with Crippen LogP contribution >= 0.6 is 0 Å². The molecule has 1 atom stereocenters. The first-order valence-electron chi connectivity index (χ1n) is 7.86. The van der Waals surface area contributed by atoms with E-state index in [4.69, 9.17) is 15.2 Å². The molecule has 0 fully saturated rings. The summed E-state index contributed by atoms with van der Waals surface area (Å²) in [6.07, 6.45) is 0. The number of nitrogens with two attached hydrogens (primary N) is 1. The summed E-state index contributed by atoms with van der Waals surface area (Å²) in [7, 11) is 0. The Balaban J connectivity index is 2.41. The Hall–Kier alpha value is -3.87. The van der Waals surface area contributed by atoms with Gasteiger partial charge in [-0.3, -0.25) is 14.9 Å². The van der Waals surface area contributed by atoms with Gasteiger partial charge >= 0.3 is 5.97 Å². The maximum atomic E-state index is 13.0. The molecule has 0 saturated carbocycles. The second-order valence-corrected chi connectivity index (χ2v) is 5.82. The fourth-order valence-corrected chi connectivity index (χ4v) is 3.33. The third-order valence-corrected chi connectivity index (χ3v) is 4.53. The molecule has 138 valence electrons. The molecule has 2 aliphatic heterocycles. The third-order valence-electron chi connectivity index (χ3n) is 4.53. The van der Waals surface area contributed by atoms with Gasteiger partial charge in [0.2, 0.25) is 11.7 Å². The Kier molecular flexibility index (Phi) is 4.08. The maximum absolute atomic E-state index is 13.0. The summed E-state index contributed by atoms with van der Waals surface area (Å²) in [5, 5.41) is 23.3. The Labute approximate surface area is 153 Å². The quantitative estimate of drug-likeness (QED) is 0.458. The highest BCUT2D eigenvalue weighted by Gasteiger charge is 2.59. The standard InChI is InChI=1S/C17H14N4O6/c1-3-26-15(22)13-12(7-18)27-14(19)8(2)17(13)10-6-9(21(24)25)4-5-11(10)20-16(17)23/h4-6H,3,19H2,1-2H3,(H,20,23). The van der Waals surface area contributed by atoms with Crippen LogP contribution in [0.1, 0.15) is 19.4 Å². The number of carbonyl (C=O) groups is 2. The number of nitro benzene ring substituents is 1. The molecule has 2 aliphatic rings. The summed E-state index contributed by atoms with van der Waals surface area (Å²) in [4.78, 5) is 36.3. The van der Waals surface area contributed by atoms with E-state index in [-0.39, 0.29) is 40.6 Å². The second kappa shape index (κ2) is 6.14. The van der Waals surface area contributed by atoms with E-state index < -0.39 is 28.0 Å². The van der Waals surface area contributed by atoms with E-state index in [1.165, 1.54) is 25.1 Å². The topological polar surface area (TPSA) is 158 Å². The lowest BCUT2D eigenvalue weighted by molar-refractivity contribution is -0.384. The van der Waals surface area contributed by atoms with Crippen LogP contribution in [-0.4, -0.2) is 23.4 Å². The number of nitrogens with one attached hydrogen (secondary N) is 1. The minimum Gasteiger partial charge on any atom is -0.462 e. The van der Waals surface area contributed by atoms with Crippen LogP contribution in [0.4, 0.5) is 11.4 Å². The van der Waals surface area contributed by atoms with E-state index in [2.05, 4.69) is 5.32 Å². The number of allylic oxidation sites excluding steroid dienone is 1. The first kappa shape index (κ1) is 17.9. The van der Waals surface area contributed by atoms with Crippen molar-refractivity contribution >= 4 is 23.3 Å². The van der Waals surface area contributed by atoms with Gasteiger partial charge in [0, 0.05) is 29.0 Å². The molecule has 10 heteroatoms. The van der Waals surface area contributed by atoms with E-state index >= 15 is 0 Å². The number of ether oxygens (including phenoxy) is 2. The van der Waals surface area contributed by atoms with Crippen molar-refractivity contribution in [2.45, 2.75) is 19.3 Å². The first-order chi connectivity index (χ1) is 12.8. The van der Waals surface area contributed by atoms with Gasteiger partial charge in [0.25, 0.3) is 5.69 Å². The number of rotatable bonds is 3. The van der Waals surface area contributed by atoms with Crippen molar-refractivity contribution in [2.75, 3.05) is 11.9 Å². The number of esters is 1. The number of amides is 1. The van der Waals surface area contributed by atoms with Crippen LogP contribution in [0.2, 0.25) is 0 Å². The van der Waals surface area contributed by atoms with Gasteiger partial charge in [0.15, 0.2) is 5.88 Å². The predicted octanol–water partition coefficient (Wildman–Crippen LogP) is 1.35. The number of non-ortho nitro benzene ring substituents is 1. The molecule has 1 unspecified atom stereocenters. The molecule has 0 aromatic heterocycles. The summed E-state index contributed by atoms with van der Waals surface area (Å²) in [6, 6.07) is 5.46. The van der Waals surface area contributed by atoms with E-state index in [0.29, 0.717) is 0 Å². The van der Waals surface area contributed by atoms with Crippen LogP contribution in [-0.2, 0) is 24.5 Å². The van der Waals surface area contributed by atoms with Crippen LogP contribution in [0.5, 0.6) is 0 Å². The van der Waals surface area contributed by atoms with E-state index in [0.717, 1.165) is 0 Å². The summed E-state index contributed by atoms with van der Waals surface area (Å²) in [6.45, 7) is 3.00. The lowest BCUT2D eigenvalue weighted by Gasteiger charge is -2.34. The van der Waals surface area contributed by atoms with E-state index in [1.54, 1.807) is 13.0 Å². The van der Waals surface area contributed by atoms with Crippen LogP contribution in [0, 0.1) is 21.4 Å². The van der Waals surface area contributed by atoms with Gasteiger partial charge in [-0.15, -0.1) is 0 Å². The molecule has 27 heavy (non-hydrogen) atoms. The second-order valence-electron chi connectivity index (χ2n) is 5.82. The maximum Gasteiger partial charge on any atom is 0.340 e. The first-order valence-corrected chi connectivity index (χ1v) is 7.86. The number of nitrogens with zero attached hydrogens (tertiary/aromatic N) is 2. The zero-order chi connectivity index (χ0) is 19.9. The van der Waals surface area contributed by atoms with Gasteiger partial charge in [-0.25, -0.2) is 4.79 Å². The number of nitro groups is 1. The molecule has 10 nitrogen and oxygen atoms in total. The van der Waals surface area contributed by atoms with Crippen molar-refractivity contribution in [3.8, 4) is 6.07 Å². The Bertz CT molecular complexity index is 1000. The lowest BCUT2D eigenvalue weighted by atomic mass is 9.68. The number of hydrogen-bond acceptors (Lipinski definition) is 8. The summed E-state index contributed by atoms with van der Waals surface area (Å²) >= 11 is 0. The molecule has 1 aromatic carbocycles. The fraction of sp³-hybridized carbons (Fsp3) is 0.235. The minimum atomic E-state index is -1.86. The zero-order valence-corrected chi connectivity index (χ0v) is 14.4. The smallest absolute Gasteiger partial charge is 0.340 e. The minimum absolute atomic E-state index is 0.0151. The van der Waals surface area contributed by atoms with Crippen molar-refractivity contribution < 1.29 is 24.0 Å². The molecule has 1 amide bonds. The van der Waals surface area contributed by atoms with Gasteiger partial charge in [0.1, 0.15) is 17.1 Å². The SMILES string of the molecule is CCOC(=O)C1=C(C#N)OC(N)=C(C)C12C(=O)Nc1ccc([N+](=O)[O-])cc12. The highest BCUT2D eigenvalue weighted by molar-refractivity contribution is 6.17. The zero-order valence-electron chi connectivity index (χ0n) is 14.4. The number of fused-ring (bicyclic) bond motifs is 2. The van der Waals surface area contributed by atoms with Gasteiger partial charge in [-0.1, -0.05) is 0 Å². The molecule has 3 N–H and O–H groups in total. The van der Waals surface area contributed by atoms with Crippen molar-refractivity contribution in [3.63, 3.8) is 0 Å². The van der Waals surface area contributed by atoms with Gasteiger partial charge in [-0.05, 0) is 19.9 Å². The monoisotopic (exact) mass is 370 g/mol. The molecule has 0 radical (unpaired) electrons. The molecular formula is C17H14N4O6. The summed E-state index contributed by atoms with van der Waals surface area (Å²) in [5.41, 5.74) is 3.86. The average molecular weight is 370 g/mol. The van der Waals surface area contributed by atoms with Gasteiger partial charge in [-0.2, -0.15) is 5.26 Å². The molecule has 2 heterocycles. The van der Waals surface area contributed by atoms with Gasteiger partial charge < -0.3 is 20.5 Å². The lowest BCUT2D eigenvalue weighted by Crippen LogP contribution is -2.45. The van der Waals surface area contributed by atoms with Crippen LogP contribution in [0.25, 0.3) is 0 Å². The molecule has 0 saturated heterocycles. The number of carbonyl (C=O) groups excluding carboxylic acids is 2. The molecule has 1 spiro atoms. The average Bonchev–Trinajstić information content (AvgIpc) is 2.91. The number of hydrogen-bond donors (Lipinski definition) is 2. The number of benzene rings is 1. The Morgan fingerprint density at radius 2 is 2.22 bits per heavy atom. The molecule has 1 aromatic rings. The van der Waals surface area contributed by atoms with Crippen LogP contribution in [0.15, 0.2) is 41.0 Å². The highest BCUT2D eigenvalue weighted by Crippen LogP contribution is 2.52. The van der Waals surface area contributed by atoms with E-state index in [9.17, 15) is 25.0 Å². The van der Waals surface area contributed by atoms with Crippen molar-refractivity contribution in [1.82, 2.24) is 0 Å². The third kappa shape index (κ3) is 2.32.